The number of fused-ring (bicyclic) bond motifs is 2. The molecule has 0 saturated carbocycles. The Kier molecular flexibility index (Phi) is 3.28. The zero-order valence-electron chi connectivity index (χ0n) is 9.66. The minimum atomic E-state index is 0.302. The van der Waals surface area contributed by atoms with Crippen LogP contribution in [0, 0.1) is 0 Å². The molecule has 2 nitrogen and oxygen atoms in total. The Morgan fingerprint density at radius 1 is 1.29 bits per heavy atom. The van der Waals surface area contributed by atoms with E-state index in [2.05, 4.69) is 11.9 Å². The number of ether oxygens (including phenoxy) is 1. The summed E-state index contributed by atoms with van der Waals surface area (Å²) in [4.78, 5) is 2.50. The molecule has 2 bridgehead atoms. The van der Waals surface area contributed by atoms with Gasteiger partial charge in [0, 0.05) is 17.5 Å². The van der Waals surface area contributed by atoms with E-state index in [1.165, 1.54) is 24.2 Å². The molecule has 3 rings (SSSR count). The maximum atomic E-state index is 6.09. The molecule has 1 unspecified atom stereocenters. The molecule has 17 heavy (non-hydrogen) atoms. The van der Waals surface area contributed by atoms with Gasteiger partial charge in [-0.1, -0.05) is 23.2 Å². The highest BCUT2D eigenvalue weighted by Crippen LogP contribution is 2.42. The van der Waals surface area contributed by atoms with Crippen LogP contribution in [0.15, 0.2) is 5.38 Å². The second-order valence-corrected chi connectivity index (χ2v) is 6.57. The van der Waals surface area contributed by atoms with Crippen molar-refractivity contribution in [1.29, 1.82) is 0 Å². The monoisotopic (exact) mass is 291 g/mol. The quantitative estimate of drug-likeness (QED) is 0.815. The molecule has 2 saturated heterocycles. The van der Waals surface area contributed by atoms with Gasteiger partial charge >= 0.3 is 0 Å². The lowest BCUT2D eigenvalue weighted by Crippen LogP contribution is -2.43. The fourth-order valence-corrected chi connectivity index (χ4v) is 4.30. The van der Waals surface area contributed by atoms with E-state index >= 15 is 0 Å². The maximum Gasteiger partial charge on any atom is 0.194 e. The van der Waals surface area contributed by atoms with Crippen molar-refractivity contribution in [3.63, 3.8) is 0 Å². The molecule has 94 valence electrons. The molecule has 2 fully saturated rings. The summed E-state index contributed by atoms with van der Waals surface area (Å²) >= 11 is 13.5. The first-order valence-corrected chi connectivity index (χ1v) is 7.59. The van der Waals surface area contributed by atoms with E-state index in [-0.39, 0.29) is 0 Å². The highest BCUT2D eigenvalue weighted by atomic mass is 35.5. The van der Waals surface area contributed by atoms with E-state index in [0.717, 1.165) is 17.9 Å². The van der Waals surface area contributed by atoms with Crippen molar-refractivity contribution < 1.29 is 4.74 Å². The van der Waals surface area contributed by atoms with E-state index < -0.39 is 0 Å². The largest absolute Gasteiger partial charge is 0.479 e. The number of rotatable bonds is 2. The Hall–Kier alpha value is 0.0400. The normalized spacial score (nSPS) is 33.0. The molecule has 5 heteroatoms. The summed E-state index contributed by atoms with van der Waals surface area (Å²) in [6.07, 6.45) is 5.13. The summed E-state index contributed by atoms with van der Waals surface area (Å²) in [5, 5.41) is 3.79. The number of hydrogen-bond donors (Lipinski definition) is 0. The number of piperidine rings is 1. The topological polar surface area (TPSA) is 12.5 Å². The molecule has 2 aliphatic heterocycles. The van der Waals surface area contributed by atoms with Crippen LogP contribution in [0.1, 0.15) is 25.7 Å². The van der Waals surface area contributed by atoms with Gasteiger partial charge in [-0.15, -0.1) is 11.3 Å². The molecule has 3 atom stereocenters. The fraction of sp³-hybridized carbons (Fsp3) is 0.667. The number of hydrogen-bond acceptors (Lipinski definition) is 3. The first-order valence-electron chi connectivity index (χ1n) is 5.96. The Morgan fingerprint density at radius 3 is 2.47 bits per heavy atom. The van der Waals surface area contributed by atoms with Crippen LogP contribution < -0.4 is 4.74 Å². The summed E-state index contributed by atoms with van der Waals surface area (Å²) in [6, 6.07) is 1.38. The van der Waals surface area contributed by atoms with Crippen molar-refractivity contribution in [2.45, 2.75) is 43.9 Å². The van der Waals surface area contributed by atoms with Crippen molar-refractivity contribution in [3.05, 3.63) is 15.4 Å². The Balaban J connectivity index is 1.69. The summed E-state index contributed by atoms with van der Waals surface area (Å²) in [5.41, 5.74) is 0. The average molecular weight is 292 g/mol. The summed E-state index contributed by atoms with van der Waals surface area (Å²) < 4.78 is 6.01. The lowest BCUT2D eigenvalue weighted by molar-refractivity contribution is 0.0686. The Bertz CT molecular complexity index is 409. The molecule has 0 radical (unpaired) electrons. The van der Waals surface area contributed by atoms with Gasteiger partial charge in [0.25, 0.3) is 0 Å². The zero-order valence-corrected chi connectivity index (χ0v) is 12.0. The number of nitrogens with zero attached hydrogens (tertiary/aromatic N) is 1. The third kappa shape index (κ3) is 2.19. The lowest BCUT2D eigenvalue weighted by atomic mass is 10.0. The molecule has 0 spiro atoms. The fourth-order valence-electron chi connectivity index (χ4n) is 2.99. The highest BCUT2D eigenvalue weighted by Gasteiger charge is 2.39. The van der Waals surface area contributed by atoms with E-state index in [4.69, 9.17) is 27.9 Å². The first kappa shape index (κ1) is 12.1. The second-order valence-electron chi connectivity index (χ2n) is 4.95. The Morgan fingerprint density at radius 2 is 1.94 bits per heavy atom. The van der Waals surface area contributed by atoms with Gasteiger partial charge in [0.2, 0.25) is 0 Å². The molecule has 1 aromatic heterocycles. The third-order valence-corrected chi connectivity index (χ3v) is 5.87. The van der Waals surface area contributed by atoms with Crippen LogP contribution in [0.25, 0.3) is 0 Å². The van der Waals surface area contributed by atoms with Gasteiger partial charge in [-0.05, 0) is 32.7 Å². The molecule has 0 aromatic carbocycles. The van der Waals surface area contributed by atoms with Crippen LogP contribution in [0.2, 0.25) is 10.0 Å². The first-order chi connectivity index (χ1) is 8.15. The predicted molar refractivity (Wildman–Crippen MR) is 72.6 cm³/mol. The lowest BCUT2D eigenvalue weighted by Gasteiger charge is -2.36. The van der Waals surface area contributed by atoms with Crippen LogP contribution in [0.4, 0.5) is 0 Å². The van der Waals surface area contributed by atoms with E-state index in [0.29, 0.717) is 28.2 Å². The number of halogens is 2. The molecular weight excluding hydrogens is 277 g/mol. The van der Waals surface area contributed by atoms with Crippen molar-refractivity contribution in [2.24, 2.45) is 0 Å². The van der Waals surface area contributed by atoms with Gasteiger partial charge in [0.15, 0.2) is 5.06 Å². The van der Waals surface area contributed by atoms with Crippen molar-refractivity contribution >= 4 is 34.5 Å². The Labute approximate surface area is 115 Å². The van der Waals surface area contributed by atoms with Crippen LogP contribution in [0.3, 0.4) is 0 Å². The minimum absolute atomic E-state index is 0.302. The molecule has 0 N–H and O–H groups in total. The smallest absolute Gasteiger partial charge is 0.194 e. The molecule has 3 heterocycles. The molecule has 1 aromatic rings. The van der Waals surface area contributed by atoms with Gasteiger partial charge < -0.3 is 9.64 Å². The van der Waals surface area contributed by atoms with Gasteiger partial charge in [-0.25, -0.2) is 0 Å². The van der Waals surface area contributed by atoms with Crippen LogP contribution in [0.5, 0.6) is 5.06 Å². The van der Waals surface area contributed by atoms with Gasteiger partial charge in [-0.2, -0.15) is 0 Å². The molecule has 2 aliphatic rings. The summed E-state index contributed by atoms with van der Waals surface area (Å²) in [5.74, 6) is 0. The van der Waals surface area contributed by atoms with Crippen LogP contribution >= 0.6 is 34.5 Å². The van der Waals surface area contributed by atoms with Gasteiger partial charge in [-0.3, -0.25) is 0 Å². The second kappa shape index (κ2) is 4.61. The SMILES string of the molecule is CN1[C@@H]2CC[C@H]1CC(Oc1scc(Cl)c1Cl)C2. The van der Waals surface area contributed by atoms with E-state index in [1.807, 2.05) is 5.38 Å². The van der Waals surface area contributed by atoms with E-state index in [1.54, 1.807) is 0 Å². The zero-order chi connectivity index (χ0) is 12.0. The summed E-state index contributed by atoms with van der Waals surface area (Å²) in [6.45, 7) is 0. The third-order valence-electron chi connectivity index (χ3n) is 3.99. The predicted octanol–water partition coefficient (Wildman–Crippen LogP) is 4.06. The molecule has 0 aliphatic carbocycles. The van der Waals surface area contributed by atoms with Crippen LogP contribution in [-0.4, -0.2) is 30.1 Å². The van der Waals surface area contributed by atoms with Crippen molar-refractivity contribution in [1.82, 2.24) is 4.90 Å². The standard InChI is InChI=1S/C12H15Cl2NOS/c1-15-7-2-3-8(15)5-9(4-7)16-12-11(14)10(13)6-17-12/h6-9H,2-5H2,1H3/t7-,8+,9?. The van der Waals surface area contributed by atoms with E-state index in [9.17, 15) is 0 Å². The van der Waals surface area contributed by atoms with Crippen LogP contribution in [-0.2, 0) is 0 Å². The van der Waals surface area contributed by atoms with Crippen molar-refractivity contribution in [2.75, 3.05) is 7.05 Å². The molecular formula is C12H15Cl2NOS. The maximum absolute atomic E-state index is 6.09. The van der Waals surface area contributed by atoms with Gasteiger partial charge in [0.05, 0.1) is 5.02 Å². The van der Waals surface area contributed by atoms with Crippen molar-refractivity contribution in [3.8, 4) is 5.06 Å². The average Bonchev–Trinajstić information content (AvgIpc) is 2.73. The summed E-state index contributed by atoms with van der Waals surface area (Å²) in [7, 11) is 2.23. The molecule has 0 amide bonds. The minimum Gasteiger partial charge on any atom is -0.479 e. The number of thiophene rings is 1. The highest BCUT2D eigenvalue weighted by molar-refractivity contribution is 7.13. The van der Waals surface area contributed by atoms with Gasteiger partial charge in [0.1, 0.15) is 11.1 Å².